The third-order valence-electron chi connectivity index (χ3n) is 4.55. The molecule has 0 unspecified atom stereocenters. The lowest BCUT2D eigenvalue weighted by Crippen LogP contribution is -2.36. The summed E-state index contributed by atoms with van der Waals surface area (Å²) in [5.41, 5.74) is 1.25. The molecule has 0 bridgehead atoms. The maximum Gasteiger partial charge on any atom is 0.240 e. The van der Waals surface area contributed by atoms with Crippen molar-refractivity contribution in [2.75, 3.05) is 27.9 Å². The fourth-order valence-corrected chi connectivity index (χ4v) is 4.03. The van der Waals surface area contributed by atoms with Crippen LogP contribution in [0.5, 0.6) is 17.2 Å². The highest BCUT2D eigenvalue weighted by molar-refractivity contribution is 7.89. The summed E-state index contributed by atoms with van der Waals surface area (Å²) in [7, 11) is 1.07. The van der Waals surface area contributed by atoms with Crippen LogP contribution in [0.2, 0.25) is 0 Å². The Labute approximate surface area is 161 Å². The Morgan fingerprint density at radius 3 is 2.04 bits per heavy atom. The first-order valence-corrected chi connectivity index (χ1v) is 10.00. The molecule has 0 aliphatic carbocycles. The lowest BCUT2D eigenvalue weighted by molar-refractivity contribution is 0.353. The van der Waals surface area contributed by atoms with Gasteiger partial charge in [0.25, 0.3) is 0 Å². The minimum Gasteiger partial charge on any atom is -0.496 e. The first-order chi connectivity index (χ1) is 12.6. The Balaban J connectivity index is 2.22. The standard InChI is InChI=1S/C20H27NO5S/c1-14-11-16(8-10-17(14)24-4)27(22,23)21-13-20(2,3)15-7-9-18(25-5)19(12-15)26-6/h7-12,21H,13H2,1-6H3. The summed E-state index contributed by atoms with van der Waals surface area (Å²) in [6.45, 7) is 5.98. The van der Waals surface area contributed by atoms with E-state index in [1.165, 1.54) is 6.07 Å². The second-order valence-corrected chi connectivity index (χ2v) is 8.68. The highest BCUT2D eigenvalue weighted by atomic mass is 32.2. The summed E-state index contributed by atoms with van der Waals surface area (Å²) >= 11 is 0. The van der Waals surface area contributed by atoms with Crippen molar-refractivity contribution in [1.29, 1.82) is 0 Å². The van der Waals surface area contributed by atoms with E-state index in [2.05, 4.69) is 4.72 Å². The SMILES string of the molecule is COc1ccc(S(=O)(=O)NCC(C)(C)c2ccc(OC)c(OC)c2)cc1C. The molecule has 0 atom stereocenters. The largest absolute Gasteiger partial charge is 0.496 e. The van der Waals surface area contributed by atoms with Gasteiger partial charge in [-0.3, -0.25) is 0 Å². The van der Waals surface area contributed by atoms with E-state index in [1.807, 2.05) is 39.0 Å². The number of benzene rings is 2. The zero-order valence-corrected chi connectivity index (χ0v) is 17.4. The number of nitrogens with one attached hydrogen (secondary N) is 1. The molecular formula is C20H27NO5S. The molecule has 7 heteroatoms. The number of sulfonamides is 1. The molecule has 0 fully saturated rings. The van der Waals surface area contributed by atoms with Gasteiger partial charge in [0.15, 0.2) is 11.5 Å². The number of rotatable bonds is 8. The van der Waals surface area contributed by atoms with Gasteiger partial charge in [0, 0.05) is 12.0 Å². The monoisotopic (exact) mass is 393 g/mol. The molecule has 0 saturated heterocycles. The van der Waals surface area contributed by atoms with Crippen molar-refractivity contribution < 1.29 is 22.6 Å². The molecule has 1 N–H and O–H groups in total. The van der Waals surface area contributed by atoms with E-state index in [-0.39, 0.29) is 11.4 Å². The third-order valence-corrected chi connectivity index (χ3v) is 5.94. The Bertz CT molecular complexity index is 907. The average Bonchev–Trinajstić information content (AvgIpc) is 2.65. The van der Waals surface area contributed by atoms with Crippen molar-refractivity contribution in [2.24, 2.45) is 0 Å². The summed E-state index contributed by atoms with van der Waals surface area (Å²) < 4.78 is 43.9. The summed E-state index contributed by atoms with van der Waals surface area (Å²) in [6.07, 6.45) is 0. The normalized spacial score (nSPS) is 11.9. The van der Waals surface area contributed by atoms with Gasteiger partial charge in [-0.05, 0) is 48.4 Å². The molecule has 0 aromatic heterocycles. The fourth-order valence-electron chi connectivity index (χ4n) is 2.74. The maximum absolute atomic E-state index is 12.7. The second kappa shape index (κ2) is 8.19. The van der Waals surface area contributed by atoms with Gasteiger partial charge >= 0.3 is 0 Å². The van der Waals surface area contributed by atoms with Crippen LogP contribution >= 0.6 is 0 Å². The van der Waals surface area contributed by atoms with Crippen molar-refractivity contribution in [1.82, 2.24) is 4.72 Å². The summed E-state index contributed by atoms with van der Waals surface area (Å²) in [5, 5.41) is 0. The van der Waals surface area contributed by atoms with E-state index in [0.717, 1.165) is 11.1 Å². The summed E-state index contributed by atoms with van der Waals surface area (Å²) in [4.78, 5) is 0.212. The third kappa shape index (κ3) is 4.73. The molecule has 27 heavy (non-hydrogen) atoms. The van der Waals surface area contributed by atoms with Crippen molar-refractivity contribution in [3.05, 3.63) is 47.5 Å². The quantitative estimate of drug-likeness (QED) is 0.745. The van der Waals surface area contributed by atoms with Gasteiger partial charge in [0.2, 0.25) is 10.0 Å². The van der Waals surface area contributed by atoms with E-state index < -0.39 is 15.4 Å². The molecule has 2 aromatic rings. The fraction of sp³-hybridized carbons (Fsp3) is 0.400. The zero-order valence-electron chi connectivity index (χ0n) is 16.6. The second-order valence-electron chi connectivity index (χ2n) is 6.91. The van der Waals surface area contributed by atoms with Gasteiger partial charge in [0.1, 0.15) is 5.75 Å². The van der Waals surface area contributed by atoms with Crippen LogP contribution in [0.3, 0.4) is 0 Å². The van der Waals surface area contributed by atoms with Gasteiger partial charge in [-0.25, -0.2) is 13.1 Å². The van der Waals surface area contributed by atoms with E-state index >= 15 is 0 Å². The average molecular weight is 394 g/mol. The molecule has 2 aromatic carbocycles. The number of methoxy groups -OCH3 is 3. The van der Waals surface area contributed by atoms with Gasteiger partial charge in [-0.15, -0.1) is 0 Å². The molecule has 0 saturated carbocycles. The number of aryl methyl sites for hydroxylation is 1. The molecule has 0 radical (unpaired) electrons. The first kappa shape index (κ1) is 21.1. The van der Waals surface area contributed by atoms with Gasteiger partial charge < -0.3 is 14.2 Å². The van der Waals surface area contributed by atoms with E-state index in [4.69, 9.17) is 14.2 Å². The zero-order chi connectivity index (χ0) is 20.2. The van der Waals surface area contributed by atoms with Crippen LogP contribution in [0.15, 0.2) is 41.3 Å². The van der Waals surface area contributed by atoms with Crippen molar-refractivity contribution in [2.45, 2.75) is 31.1 Å². The van der Waals surface area contributed by atoms with Crippen LogP contribution in [-0.4, -0.2) is 36.3 Å². The minimum atomic E-state index is -3.64. The molecule has 0 spiro atoms. The molecule has 2 rings (SSSR count). The number of hydrogen-bond acceptors (Lipinski definition) is 5. The lowest BCUT2D eigenvalue weighted by atomic mass is 9.85. The van der Waals surface area contributed by atoms with E-state index in [9.17, 15) is 8.42 Å². The molecule has 0 heterocycles. The molecule has 0 aliphatic rings. The van der Waals surface area contributed by atoms with Crippen LogP contribution in [0, 0.1) is 6.92 Å². The smallest absolute Gasteiger partial charge is 0.240 e. The lowest BCUT2D eigenvalue weighted by Gasteiger charge is -2.26. The van der Waals surface area contributed by atoms with Crippen molar-refractivity contribution in [3.8, 4) is 17.2 Å². The molecule has 0 aliphatic heterocycles. The van der Waals surface area contributed by atoms with Crippen molar-refractivity contribution in [3.63, 3.8) is 0 Å². The Morgan fingerprint density at radius 1 is 0.889 bits per heavy atom. The van der Waals surface area contributed by atoms with Gasteiger partial charge in [-0.2, -0.15) is 0 Å². The summed E-state index contributed by atoms with van der Waals surface area (Å²) in [6, 6.07) is 10.4. The van der Waals surface area contributed by atoms with Crippen LogP contribution in [0.1, 0.15) is 25.0 Å². The number of hydrogen-bond donors (Lipinski definition) is 1. The Morgan fingerprint density at radius 2 is 1.48 bits per heavy atom. The van der Waals surface area contributed by atoms with Gasteiger partial charge in [0.05, 0.1) is 26.2 Å². The highest BCUT2D eigenvalue weighted by Gasteiger charge is 2.25. The van der Waals surface area contributed by atoms with Crippen molar-refractivity contribution >= 4 is 10.0 Å². The molecule has 6 nitrogen and oxygen atoms in total. The number of ether oxygens (including phenoxy) is 3. The van der Waals surface area contributed by atoms with E-state index in [1.54, 1.807) is 33.5 Å². The van der Waals surface area contributed by atoms with E-state index in [0.29, 0.717) is 17.2 Å². The Kier molecular flexibility index (Phi) is 6.38. The van der Waals surface area contributed by atoms with Crippen LogP contribution in [-0.2, 0) is 15.4 Å². The van der Waals surface area contributed by atoms with Gasteiger partial charge in [-0.1, -0.05) is 19.9 Å². The predicted octanol–water partition coefficient (Wildman–Crippen LogP) is 3.28. The molecule has 0 amide bonds. The summed E-state index contributed by atoms with van der Waals surface area (Å²) in [5.74, 6) is 1.89. The van der Waals surface area contributed by atoms with Crippen LogP contribution < -0.4 is 18.9 Å². The Hall–Kier alpha value is -2.25. The highest BCUT2D eigenvalue weighted by Crippen LogP contribution is 2.33. The topological polar surface area (TPSA) is 73.9 Å². The molecular weight excluding hydrogens is 366 g/mol. The van der Waals surface area contributed by atoms with Crippen LogP contribution in [0.4, 0.5) is 0 Å². The predicted molar refractivity (Wildman–Crippen MR) is 105 cm³/mol. The first-order valence-electron chi connectivity index (χ1n) is 8.51. The maximum atomic E-state index is 12.7. The molecule has 148 valence electrons. The minimum absolute atomic E-state index is 0.212. The van der Waals surface area contributed by atoms with Crippen LogP contribution in [0.25, 0.3) is 0 Å².